The second-order valence-electron chi connectivity index (χ2n) is 3.44. The van der Waals surface area contributed by atoms with Crippen molar-refractivity contribution < 1.29 is 26.0 Å². The minimum absolute atomic E-state index is 0. The van der Waals surface area contributed by atoms with E-state index >= 15 is 0 Å². The molecule has 0 heterocycles. The largest absolute Gasteiger partial charge is 0.325 e. The molecule has 1 aromatic rings. The zero-order valence-corrected chi connectivity index (χ0v) is 11.0. The van der Waals surface area contributed by atoms with Crippen LogP contribution >= 0.6 is 12.4 Å². The van der Waals surface area contributed by atoms with Crippen LogP contribution in [0.15, 0.2) is 23.1 Å². The molecule has 0 aliphatic rings. The van der Waals surface area contributed by atoms with E-state index in [4.69, 9.17) is 5.73 Å². The highest BCUT2D eigenvalue weighted by molar-refractivity contribution is 7.89. The Labute approximate surface area is 113 Å². The molecule has 0 bridgehead atoms. The first-order valence-electron chi connectivity index (χ1n) is 4.71. The monoisotopic (exact) mass is 322 g/mol. The average Bonchev–Trinajstić information content (AvgIpc) is 2.26. The average molecular weight is 323 g/mol. The Morgan fingerprint density at radius 1 is 1.21 bits per heavy atom. The van der Waals surface area contributed by atoms with Crippen molar-refractivity contribution in [2.24, 2.45) is 5.73 Å². The number of nitrogens with two attached hydrogens (primary N) is 1. The molecule has 0 fully saturated rings. The molecule has 0 aromatic heterocycles. The van der Waals surface area contributed by atoms with Gasteiger partial charge in [0.15, 0.2) is 4.90 Å². The fourth-order valence-corrected chi connectivity index (χ4v) is 2.28. The normalized spacial score (nSPS) is 12.1. The maximum Gasteiger partial charge on any atom is 0.273 e. The number of sulfonamides is 1. The smallest absolute Gasteiger partial charge is 0.273 e. The Balaban J connectivity index is 0.00000324. The van der Waals surface area contributed by atoms with E-state index in [0.717, 1.165) is 6.07 Å². The molecule has 0 spiro atoms. The van der Waals surface area contributed by atoms with E-state index in [1.807, 2.05) is 0 Å². The summed E-state index contributed by atoms with van der Waals surface area (Å²) in [4.78, 5) is -1.29. The summed E-state index contributed by atoms with van der Waals surface area (Å²) in [6.07, 6.45) is 0. The van der Waals surface area contributed by atoms with Crippen molar-refractivity contribution in [2.45, 2.75) is 10.8 Å². The summed E-state index contributed by atoms with van der Waals surface area (Å²) in [6, 6.07) is 2.37. The molecule has 1 aromatic carbocycles. The second-order valence-corrected chi connectivity index (χ2v) is 5.14. The highest BCUT2D eigenvalue weighted by atomic mass is 35.5. The second kappa shape index (κ2) is 6.51. The molecule has 19 heavy (non-hydrogen) atoms. The molecule has 0 unspecified atom stereocenters. The van der Waals surface area contributed by atoms with Gasteiger partial charge in [-0.2, -0.15) is 0 Å². The molecule has 110 valence electrons. The minimum atomic E-state index is -4.70. The lowest BCUT2D eigenvalue weighted by Gasteiger charge is -2.15. The summed E-state index contributed by atoms with van der Waals surface area (Å²) in [6.45, 7) is -2.42. The number of hydrogen-bond acceptors (Lipinski definition) is 3. The number of alkyl halides is 2. The minimum Gasteiger partial charge on any atom is -0.325 e. The van der Waals surface area contributed by atoms with Crippen LogP contribution in [0, 0.1) is 11.6 Å². The Morgan fingerprint density at radius 3 is 2.11 bits per heavy atom. The van der Waals surface area contributed by atoms with Gasteiger partial charge in [0.05, 0.1) is 13.1 Å². The summed E-state index contributed by atoms with van der Waals surface area (Å²) in [5.74, 6) is -6.22. The van der Waals surface area contributed by atoms with Gasteiger partial charge in [-0.05, 0) is 12.1 Å². The van der Waals surface area contributed by atoms with Gasteiger partial charge in [0.1, 0.15) is 11.6 Å². The molecule has 0 amide bonds. The number of benzene rings is 1. The van der Waals surface area contributed by atoms with Crippen molar-refractivity contribution in [3.63, 3.8) is 0 Å². The van der Waals surface area contributed by atoms with Crippen LogP contribution in [0.3, 0.4) is 0 Å². The van der Waals surface area contributed by atoms with Crippen LogP contribution in [0.25, 0.3) is 0 Å². The van der Waals surface area contributed by atoms with E-state index in [1.165, 1.54) is 4.72 Å². The van der Waals surface area contributed by atoms with Gasteiger partial charge >= 0.3 is 0 Å². The standard InChI is InChI=1S/C9H10F4N2O2S.ClH/c10-6-2-1-3-7(11)8(6)18(16,17)15-5-9(12,13)4-14;/h1-3,15H,4-5,14H2;1H. The SMILES string of the molecule is Cl.NCC(F)(F)CNS(=O)(=O)c1c(F)cccc1F. The molecule has 0 saturated carbocycles. The molecule has 0 radical (unpaired) electrons. The Morgan fingerprint density at radius 2 is 1.68 bits per heavy atom. The summed E-state index contributed by atoms with van der Waals surface area (Å²) >= 11 is 0. The predicted octanol–water partition coefficient (Wildman–Crippen LogP) is 1.26. The van der Waals surface area contributed by atoms with Gasteiger partial charge in [0.2, 0.25) is 10.0 Å². The zero-order valence-electron chi connectivity index (χ0n) is 9.37. The van der Waals surface area contributed by atoms with Gasteiger partial charge in [0.25, 0.3) is 5.92 Å². The lowest BCUT2D eigenvalue weighted by Crippen LogP contribution is -2.41. The van der Waals surface area contributed by atoms with Crippen molar-refractivity contribution in [3.05, 3.63) is 29.8 Å². The fraction of sp³-hybridized carbons (Fsp3) is 0.333. The topological polar surface area (TPSA) is 72.2 Å². The molecule has 0 saturated heterocycles. The molecular formula is C9H11ClF4N2O2S. The van der Waals surface area contributed by atoms with Crippen molar-refractivity contribution in [1.82, 2.24) is 4.72 Å². The zero-order chi connectivity index (χ0) is 14.0. The van der Waals surface area contributed by atoms with Crippen LogP contribution < -0.4 is 10.5 Å². The van der Waals surface area contributed by atoms with Crippen LogP contribution in [0.2, 0.25) is 0 Å². The lowest BCUT2D eigenvalue weighted by molar-refractivity contribution is 0.0170. The molecule has 3 N–H and O–H groups in total. The Kier molecular flexibility index (Phi) is 6.20. The quantitative estimate of drug-likeness (QED) is 0.802. The summed E-state index contributed by atoms with van der Waals surface area (Å²) in [5.41, 5.74) is 4.70. The van der Waals surface area contributed by atoms with Crippen molar-refractivity contribution in [2.75, 3.05) is 13.1 Å². The molecule has 10 heteroatoms. The Hall–Kier alpha value is -0.900. The van der Waals surface area contributed by atoms with Gasteiger partial charge in [-0.25, -0.2) is 30.7 Å². The van der Waals surface area contributed by atoms with Gasteiger partial charge in [-0.1, -0.05) is 6.07 Å². The first kappa shape index (κ1) is 18.1. The third kappa shape index (κ3) is 4.60. The van der Waals surface area contributed by atoms with E-state index in [1.54, 1.807) is 0 Å². The number of rotatable bonds is 5. The van der Waals surface area contributed by atoms with Gasteiger partial charge in [0, 0.05) is 0 Å². The molecule has 4 nitrogen and oxygen atoms in total. The molecule has 0 aliphatic heterocycles. The number of halogens is 5. The summed E-state index contributed by atoms with van der Waals surface area (Å²) in [5, 5.41) is 0. The Bertz CT molecular complexity index is 519. The van der Waals surface area contributed by atoms with E-state index in [2.05, 4.69) is 0 Å². The van der Waals surface area contributed by atoms with E-state index in [9.17, 15) is 26.0 Å². The third-order valence-electron chi connectivity index (χ3n) is 2.01. The molecular weight excluding hydrogens is 312 g/mol. The van der Waals surface area contributed by atoms with Crippen LogP contribution in [-0.2, 0) is 10.0 Å². The molecule has 0 aliphatic carbocycles. The van der Waals surface area contributed by atoms with Gasteiger partial charge < -0.3 is 5.73 Å². The van der Waals surface area contributed by atoms with Crippen molar-refractivity contribution in [3.8, 4) is 0 Å². The molecule has 1 rings (SSSR count). The van der Waals surface area contributed by atoms with E-state index < -0.39 is 45.6 Å². The molecule has 0 atom stereocenters. The maximum atomic E-state index is 13.2. The third-order valence-corrected chi connectivity index (χ3v) is 3.46. The number of hydrogen-bond donors (Lipinski definition) is 2. The van der Waals surface area contributed by atoms with Crippen LogP contribution in [0.5, 0.6) is 0 Å². The van der Waals surface area contributed by atoms with Crippen molar-refractivity contribution in [1.29, 1.82) is 0 Å². The maximum absolute atomic E-state index is 13.2. The van der Waals surface area contributed by atoms with Crippen LogP contribution in [-0.4, -0.2) is 27.4 Å². The summed E-state index contributed by atoms with van der Waals surface area (Å²) in [7, 11) is -4.70. The highest BCUT2D eigenvalue weighted by Crippen LogP contribution is 2.19. The van der Waals surface area contributed by atoms with Gasteiger partial charge in [-0.3, -0.25) is 0 Å². The van der Waals surface area contributed by atoms with Crippen LogP contribution in [0.4, 0.5) is 17.6 Å². The van der Waals surface area contributed by atoms with Gasteiger partial charge in [-0.15, -0.1) is 12.4 Å². The van der Waals surface area contributed by atoms with Crippen molar-refractivity contribution >= 4 is 22.4 Å². The van der Waals surface area contributed by atoms with E-state index in [-0.39, 0.29) is 12.4 Å². The predicted molar refractivity (Wildman–Crippen MR) is 62.8 cm³/mol. The van der Waals surface area contributed by atoms with Crippen LogP contribution in [0.1, 0.15) is 0 Å². The van der Waals surface area contributed by atoms with E-state index in [0.29, 0.717) is 12.1 Å². The summed E-state index contributed by atoms with van der Waals surface area (Å²) < 4.78 is 76.2. The highest BCUT2D eigenvalue weighted by Gasteiger charge is 2.31. The fourth-order valence-electron chi connectivity index (χ4n) is 1.08. The first-order valence-corrected chi connectivity index (χ1v) is 6.19. The lowest BCUT2D eigenvalue weighted by atomic mass is 10.3. The number of nitrogens with one attached hydrogen (secondary N) is 1. The first-order chi connectivity index (χ1) is 8.19.